The molecule has 0 amide bonds. The molecule has 2 heterocycles. The van der Waals surface area contributed by atoms with Gasteiger partial charge in [-0.05, 0) is 42.0 Å². The van der Waals surface area contributed by atoms with E-state index in [0.717, 1.165) is 13.2 Å². The number of nitrogens with two attached hydrogens (primary N) is 1. The van der Waals surface area contributed by atoms with Crippen LogP contribution in [0.25, 0.3) is 10.9 Å². The summed E-state index contributed by atoms with van der Waals surface area (Å²) < 4.78 is 7.96. The first-order valence-electron chi connectivity index (χ1n) is 6.26. The minimum absolute atomic E-state index is 0.389. The SMILES string of the molecule is NCc1ccc2c(ccn2CC2CCCO2)c1. The molecule has 1 aromatic carbocycles. The lowest BCUT2D eigenvalue weighted by Gasteiger charge is -2.11. The summed E-state index contributed by atoms with van der Waals surface area (Å²) in [5.74, 6) is 0. The molecule has 1 fully saturated rings. The zero-order chi connectivity index (χ0) is 11.7. The van der Waals surface area contributed by atoms with Gasteiger partial charge in [0.05, 0.1) is 6.10 Å². The molecule has 0 radical (unpaired) electrons. The molecule has 2 aromatic rings. The maximum Gasteiger partial charge on any atom is 0.0754 e. The summed E-state index contributed by atoms with van der Waals surface area (Å²) in [6.07, 6.45) is 4.91. The van der Waals surface area contributed by atoms with Crippen molar-refractivity contribution in [2.24, 2.45) is 5.73 Å². The first-order chi connectivity index (χ1) is 8.36. The average molecular weight is 230 g/mol. The Labute approximate surface area is 101 Å². The Kier molecular flexibility index (Phi) is 2.87. The quantitative estimate of drug-likeness (QED) is 0.878. The highest BCUT2D eigenvalue weighted by Gasteiger charge is 2.16. The van der Waals surface area contributed by atoms with Crippen molar-refractivity contribution in [3.8, 4) is 0 Å². The molecule has 1 atom stereocenters. The second-order valence-corrected chi connectivity index (χ2v) is 4.70. The molecule has 0 saturated carbocycles. The van der Waals surface area contributed by atoms with E-state index in [0.29, 0.717) is 12.6 Å². The van der Waals surface area contributed by atoms with Crippen LogP contribution in [0.2, 0.25) is 0 Å². The minimum Gasteiger partial charge on any atom is -0.376 e. The molecule has 0 aliphatic carbocycles. The average Bonchev–Trinajstić information content (AvgIpc) is 2.99. The maximum atomic E-state index is 5.68. The summed E-state index contributed by atoms with van der Waals surface area (Å²) in [6, 6.07) is 8.59. The number of benzene rings is 1. The van der Waals surface area contributed by atoms with Crippen molar-refractivity contribution in [2.75, 3.05) is 6.61 Å². The Bertz CT molecular complexity index is 512. The molecule has 2 N–H and O–H groups in total. The lowest BCUT2D eigenvalue weighted by atomic mass is 10.1. The number of ether oxygens (including phenoxy) is 1. The standard InChI is InChI=1S/C14H18N2O/c15-9-11-3-4-14-12(8-11)5-6-16(14)10-13-2-1-7-17-13/h3-6,8,13H,1-2,7,9-10,15H2. The van der Waals surface area contributed by atoms with Crippen LogP contribution in [-0.4, -0.2) is 17.3 Å². The summed E-state index contributed by atoms with van der Waals surface area (Å²) >= 11 is 0. The second kappa shape index (κ2) is 4.51. The van der Waals surface area contributed by atoms with Crippen LogP contribution < -0.4 is 5.73 Å². The van der Waals surface area contributed by atoms with Crippen molar-refractivity contribution in [3.63, 3.8) is 0 Å². The van der Waals surface area contributed by atoms with Gasteiger partial charge in [-0.3, -0.25) is 0 Å². The molecule has 1 saturated heterocycles. The van der Waals surface area contributed by atoms with Crippen molar-refractivity contribution >= 4 is 10.9 Å². The summed E-state index contributed by atoms with van der Waals surface area (Å²) in [5, 5.41) is 1.27. The highest BCUT2D eigenvalue weighted by Crippen LogP contribution is 2.21. The van der Waals surface area contributed by atoms with Gasteiger partial charge < -0.3 is 15.0 Å². The molecule has 0 bridgehead atoms. The van der Waals surface area contributed by atoms with Crippen LogP contribution in [0.5, 0.6) is 0 Å². The molecule has 0 spiro atoms. The molecule has 90 valence electrons. The van der Waals surface area contributed by atoms with Gasteiger partial charge in [0.1, 0.15) is 0 Å². The van der Waals surface area contributed by atoms with E-state index >= 15 is 0 Å². The van der Waals surface area contributed by atoms with Crippen LogP contribution in [0.15, 0.2) is 30.5 Å². The highest BCUT2D eigenvalue weighted by molar-refractivity contribution is 5.80. The third-order valence-corrected chi connectivity index (χ3v) is 3.50. The van der Waals surface area contributed by atoms with Crippen LogP contribution >= 0.6 is 0 Å². The molecule has 1 unspecified atom stereocenters. The number of hydrogen-bond acceptors (Lipinski definition) is 2. The zero-order valence-corrected chi connectivity index (χ0v) is 9.93. The van der Waals surface area contributed by atoms with Gasteiger partial charge in [-0.15, -0.1) is 0 Å². The molecule has 3 nitrogen and oxygen atoms in total. The zero-order valence-electron chi connectivity index (χ0n) is 9.93. The smallest absolute Gasteiger partial charge is 0.0754 e. The third-order valence-electron chi connectivity index (χ3n) is 3.50. The molecule has 17 heavy (non-hydrogen) atoms. The number of aromatic nitrogens is 1. The fourth-order valence-electron chi connectivity index (χ4n) is 2.54. The molecule has 1 aromatic heterocycles. The minimum atomic E-state index is 0.389. The van der Waals surface area contributed by atoms with E-state index < -0.39 is 0 Å². The van der Waals surface area contributed by atoms with Gasteiger partial charge in [-0.2, -0.15) is 0 Å². The molecule has 1 aliphatic rings. The van der Waals surface area contributed by atoms with Crippen LogP contribution in [-0.2, 0) is 17.8 Å². The van der Waals surface area contributed by atoms with Gasteiger partial charge in [-0.25, -0.2) is 0 Å². The summed E-state index contributed by atoms with van der Waals surface area (Å²) in [5.41, 5.74) is 8.12. The third kappa shape index (κ3) is 2.08. The van der Waals surface area contributed by atoms with E-state index in [9.17, 15) is 0 Å². The van der Waals surface area contributed by atoms with Crippen LogP contribution in [0, 0.1) is 0 Å². The number of nitrogens with zero attached hydrogens (tertiary/aromatic N) is 1. The van der Waals surface area contributed by atoms with Crippen LogP contribution in [0.3, 0.4) is 0 Å². The van der Waals surface area contributed by atoms with Crippen LogP contribution in [0.1, 0.15) is 18.4 Å². The molecular weight excluding hydrogens is 212 g/mol. The van der Waals surface area contributed by atoms with E-state index in [1.165, 1.54) is 29.3 Å². The van der Waals surface area contributed by atoms with Crippen LogP contribution in [0.4, 0.5) is 0 Å². The van der Waals surface area contributed by atoms with Crippen molar-refractivity contribution in [3.05, 3.63) is 36.0 Å². The predicted octanol–water partition coefficient (Wildman–Crippen LogP) is 2.28. The van der Waals surface area contributed by atoms with Gasteiger partial charge in [0.2, 0.25) is 0 Å². The monoisotopic (exact) mass is 230 g/mol. The number of fused-ring (bicyclic) bond motifs is 1. The second-order valence-electron chi connectivity index (χ2n) is 4.70. The molecule has 3 rings (SSSR count). The van der Waals surface area contributed by atoms with E-state index in [2.05, 4.69) is 35.0 Å². The summed E-state index contributed by atoms with van der Waals surface area (Å²) in [7, 11) is 0. The fourth-order valence-corrected chi connectivity index (χ4v) is 2.54. The lowest BCUT2D eigenvalue weighted by molar-refractivity contribution is 0.0980. The van der Waals surface area contributed by atoms with E-state index in [1.54, 1.807) is 0 Å². The summed E-state index contributed by atoms with van der Waals surface area (Å²) in [6.45, 7) is 2.49. The Morgan fingerprint density at radius 2 is 2.29 bits per heavy atom. The molecule has 1 aliphatic heterocycles. The maximum absolute atomic E-state index is 5.68. The van der Waals surface area contributed by atoms with Gasteiger partial charge in [0, 0.05) is 31.4 Å². The Morgan fingerprint density at radius 1 is 1.35 bits per heavy atom. The predicted molar refractivity (Wildman–Crippen MR) is 68.8 cm³/mol. The largest absolute Gasteiger partial charge is 0.376 e. The van der Waals surface area contributed by atoms with E-state index in [1.807, 2.05) is 0 Å². The van der Waals surface area contributed by atoms with Crippen molar-refractivity contribution in [2.45, 2.75) is 32.0 Å². The highest BCUT2D eigenvalue weighted by atomic mass is 16.5. The van der Waals surface area contributed by atoms with Gasteiger partial charge in [0.15, 0.2) is 0 Å². The van der Waals surface area contributed by atoms with E-state index in [4.69, 9.17) is 10.5 Å². The first kappa shape index (κ1) is 10.8. The van der Waals surface area contributed by atoms with Gasteiger partial charge >= 0.3 is 0 Å². The Balaban J connectivity index is 1.89. The van der Waals surface area contributed by atoms with Crippen molar-refractivity contribution in [1.29, 1.82) is 0 Å². The number of rotatable bonds is 3. The number of hydrogen-bond donors (Lipinski definition) is 1. The van der Waals surface area contributed by atoms with Crippen molar-refractivity contribution in [1.82, 2.24) is 4.57 Å². The lowest BCUT2D eigenvalue weighted by Crippen LogP contribution is -2.13. The van der Waals surface area contributed by atoms with E-state index in [-0.39, 0.29) is 0 Å². The topological polar surface area (TPSA) is 40.2 Å². The van der Waals surface area contributed by atoms with Gasteiger partial charge in [-0.1, -0.05) is 6.07 Å². The molecular formula is C14H18N2O. The first-order valence-corrected chi connectivity index (χ1v) is 6.26. The Morgan fingerprint density at radius 3 is 3.06 bits per heavy atom. The fraction of sp³-hybridized carbons (Fsp3) is 0.429. The normalized spacial score (nSPS) is 20.2. The molecule has 3 heteroatoms. The van der Waals surface area contributed by atoms with Gasteiger partial charge in [0.25, 0.3) is 0 Å². The summed E-state index contributed by atoms with van der Waals surface area (Å²) in [4.78, 5) is 0. The van der Waals surface area contributed by atoms with Crippen molar-refractivity contribution < 1.29 is 4.74 Å². The Hall–Kier alpha value is -1.32.